The number of aliphatic hydroxyl groups is 1. The lowest BCUT2D eigenvalue weighted by atomic mass is 10.1. The van der Waals surface area contributed by atoms with Gasteiger partial charge in [-0.2, -0.15) is 0 Å². The number of hydrogen-bond donors (Lipinski definition) is 2. The molecule has 3 atom stereocenters. The molecule has 0 amide bonds. The van der Waals surface area contributed by atoms with Crippen molar-refractivity contribution in [1.82, 2.24) is 5.32 Å². The Morgan fingerprint density at radius 2 is 2.16 bits per heavy atom. The van der Waals surface area contributed by atoms with Crippen molar-refractivity contribution in [2.45, 2.75) is 38.5 Å². The van der Waals surface area contributed by atoms with E-state index < -0.39 is 0 Å². The SMILES string of the molecule is CCNC(O)[C@H]1CC[C@@H](/N=C/c2ccc(Br)cc2)C1. The summed E-state index contributed by atoms with van der Waals surface area (Å²) in [7, 11) is 0. The second-order valence-electron chi connectivity index (χ2n) is 5.06. The summed E-state index contributed by atoms with van der Waals surface area (Å²) < 4.78 is 1.08. The summed E-state index contributed by atoms with van der Waals surface area (Å²) in [6, 6.07) is 8.49. The van der Waals surface area contributed by atoms with E-state index in [-0.39, 0.29) is 6.23 Å². The molecule has 19 heavy (non-hydrogen) atoms. The molecule has 1 aromatic carbocycles. The van der Waals surface area contributed by atoms with E-state index in [1.165, 1.54) is 0 Å². The predicted molar refractivity (Wildman–Crippen MR) is 82.5 cm³/mol. The molecule has 1 fully saturated rings. The van der Waals surface area contributed by atoms with Crippen LogP contribution in [0.4, 0.5) is 0 Å². The van der Waals surface area contributed by atoms with Crippen LogP contribution in [0.1, 0.15) is 31.7 Å². The van der Waals surface area contributed by atoms with E-state index in [0.717, 1.165) is 35.8 Å². The number of rotatable bonds is 5. The molecule has 3 nitrogen and oxygen atoms in total. The Kier molecular flexibility index (Phi) is 5.55. The normalized spacial score (nSPS) is 25.0. The van der Waals surface area contributed by atoms with Crippen LogP contribution in [0.5, 0.6) is 0 Å². The Bertz CT molecular complexity index is 419. The lowest BCUT2D eigenvalue weighted by Crippen LogP contribution is -2.34. The molecule has 0 bridgehead atoms. The fraction of sp³-hybridized carbons (Fsp3) is 0.533. The summed E-state index contributed by atoms with van der Waals surface area (Å²) in [6.45, 7) is 2.83. The van der Waals surface area contributed by atoms with E-state index >= 15 is 0 Å². The van der Waals surface area contributed by atoms with E-state index in [9.17, 15) is 5.11 Å². The van der Waals surface area contributed by atoms with Gasteiger partial charge in [-0.1, -0.05) is 35.0 Å². The van der Waals surface area contributed by atoms with Gasteiger partial charge >= 0.3 is 0 Å². The molecular weight excluding hydrogens is 304 g/mol. The molecular formula is C15H21BrN2O. The zero-order chi connectivity index (χ0) is 13.7. The van der Waals surface area contributed by atoms with Gasteiger partial charge in [0.15, 0.2) is 0 Å². The van der Waals surface area contributed by atoms with Gasteiger partial charge in [-0.15, -0.1) is 0 Å². The van der Waals surface area contributed by atoms with Gasteiger partial charge in [-0.05, 0) is 43.5 Å². The number of aliphatic imine (C=N–C) groups is 1. The number of hydrogen-bond acceptors (Lipinski definition) is 3. The maximum atomic E-state index is 9.91. The van der Waals surface area contributed by atoms with Crippen LogP contribution in [0.2, 0.25) is 0 Å². The van der Waals surface area contributed by atoms with Crippen LogP contribution in [-0.2, 0) is 0 Å². The molecule has 2 rings (SSSR count). The molecule has 0 radical (unpaired) electrons. The first kappa shape index (κ1) is 14.7. The van der Waals surface area contributed by atoms with Crippen molar-refractivity contribution in [3.63, 3.8) is 0 Å². The van der Waals surface area contributed by atoms with Gasteiger partial charge in [-0.3, -0.25) is 10.3 Å². The highest BCUT2D eigenvalue weighted by Crippen LogP contribution is 2.29. The lowest BCUT2D eigenvalue weighted by molar-refractivity contribution is 0.0788. The summed E-state index contributed by atoms with van der Waals surface area (Å²) in [5.41, 5.74) is 1.12. The van der Waals surface area contributed by atoms with Gasteiger partial charge in [0.05, 0.1) is 6.04 Å². The zero-order valence-corrected chi connectivity index (χ0v) is 12.8. The van der Waals surface area contributed by atoms with Crippen molar-refractivity contribution < 1.29 is 5.11 Å². The molecule has 2 N–H and O–H groups in total. The van der Waals surface area contributed by atoms with Gasteiger partial charge < -0.3 is 5.11 Å². The van der Waals surface area contributed by atoms with Crippen LogP contribution in [0, 0.1) is 5.92 Å². The third-order valence-electron chi connectivity index (χ3n) is 3.61. The van der Waals surface area contributed by atoms with E-state index in [1.54, 1.807) is 0 Å². The van der Waals surface area contributed by atoms with Crippen LogP contribution in [0.3, 0.4) is 0 Å². The second-order valence-corrected chi connectivity index (χ2v) is 5.97. The minimum Gasteiger partial charge on any atom is -0.378 e. The van der Waals surface area contributed by atoms with Crippen LogP contribution < -0.4 is 5.32 Å². The summed E-state index contributed by atoms with van der Waals surface area (Å²) in [6.07, 6.45) is 4.66. The van der Waals surface area contributed by atoms with Crippen molar-refractivity contribution in [3.05, 3.63) is 34.3 Å². The van der Waals surface area contributed by atoms with Gasteiger partial charge in [0.2, 0.25) is 0 Å². The largest absolute Gasteiger partial charge is 0.378 e. The molecule has 1 aliphatic carbocycles. The number of nitrogens with one attached hydrogen (secondary N) is 1. The van der Waals surface area contributed by atoms with Crippen LogP contribution in [0.25, 0.3) is 0 Å². The van der Waals surface area contributed by atoms with Crippen LogP contribution in [-0.4, -0.2) is 30.1 Å². The van der Waals surface area contributed by atoms with Crippen LogP contribution in [0.15, 0.2) is 33.7 Å². The fourth-order valence-electron chi connectivity index (χ4n) is 2.53. The summed E-state index contributed by atoms with van der Waals surface area (Å²) in [4.78, 5) is 4.64. The highest BCUT2D eigenvalue weighted by atomic mass is 79.9. The first-order valence-electron chi connectivity index (χ1n) is 6.89. The van der Waals surface area contributed by atoms with Crippen molar-refractivity contribution in [2.75, 3.05) is 6.54 Å². The quantitative estimate of drug-likeness (QED) is 0.646. The Labute approximate surface area is 123 Å². The Balaban J connectivity index is 1.86. The molecule has 4 heteroatoms. The Morgan fingerprint density at radius 1 is 1.42 bits per heavy atom. The average molecular weight is 325 g/mol. The Morgan fingerprint density at radius 3 is 2.84 bits per heavy atom. The average Bonchev–Trinajstić information content (AvgIpc) is 2.87. The first-order valence-corrected chi connectivity index (χ1v) is 7.68. The maximum Gasteiger partial charge on any atom is 0.107 e. The predicted octanol–water partition coefficient (Wildman–Crippen LogP) is 2.96. The number of halogens is 1. The molecule has 104 valence electrons. The molecule has 0 saturated heterocycles. The first-order chi connectivity index (χ1) is 9.19. The minimum atomic E-state index is -0.377. The number of nitrogens with zero attached hydrogens (tertiary/aromatic N) is 1. The highest BCUT2D eigenvalue weighted by Gasteiger charge is 2.28. The monoisotopic (exact) mass is 324 g/mol. The summed E-state index contributed by atoms with van der Waals surface area (Å²) >= 11 is 3.42. The Hall–Kier alpha value is -0.710. The topological polar surface area (TPSA) is 44.6 Å². The lowest BCUT2D eigenvalue weighted by Gasteiger charge is -2.18. The molecule has 0 aromatic heterocycles. The third kappa shape index (κ3) is 4.41. The number of benzene rings is 1. The third-order valence-corrected chi connectivity index (χ3v) is 4.14. The van der Waals surface area contributed by atoms with E-state index in [1.807, 2.05) is 37.4 Å². The fourth-order valence-corrected chi connectivity index (χ4v) is 2.79. The molecule has 1 aliphatic rings. The molecule has 0 heterocycles. The minimum absolute atomic E-state index is 0.340. The van der Waals surface area contributed by atoms with Crippen molar-refractivity contribution in [3.8, 4) is 0 Å². The maximum absolute atomic E-state index is 9.91. The molecule has 0 aliphatic heterocycles. The summed E-state index contributed by atoms with van der Waals surface area (Å²) in [5.74, 6) is 0.340. The van der Waals surface area contributed by atoms with Gasteiger partial charge in [0.1, 0.15) is 6.23 Å². The van der Waals surface area contributed by atoms with Crippen molar-refractivity contribution >= 4 is 22.1 Å². The van der Waals surface area contributed by atoms with E-state index in [4.69, 9.17) is 0 Å². The van der Waals surface area contributed by atoms with Gasteiger partial charge in [-0.25, -0.2) is 0 Å². The highest BCUT2D eigenvalue weighted by molar-refractivity contribution is 9.10. The van der Waals surface area contributed by atoms with Gasteiger partial charge in [0.25, 0.3) is 0 Å². The molecule has 1 aromatic rings. The molecule has 0 spiro atoms. The molecule has 1 unspecified atom stereocenters. The van der Waals surface area contributed by atoms with E-state index in [0.29, 0.717) is 12.0 Å². The van der Waals surface area contributed by atoms with Crippen LogP contribution >= 0.6 is 15.9 Å². The molecule has 1 saturated carbocycles. The standard InChI is InChI=1S/C15H21BrN2O/c1-2-17-15(19)12-5-8-14(9-12)18-10-11-3-6-13(16)7-4-11/h3-4,6-7,10,12,14-15,17,19H,2,5,8-9H2,1H3/b18-10+/t12-,14+,15?/m0/s1. The smallest absolute Gasteiger partial charge is 0.107 e. The van der Waals surface area contributed by atoms with Crippen molar-refractivity contribution in [1.29, 1.82) is 0 Å². The number of aliphatic hydroxyl groups excluding tert-OH is 1. The second kappa shape index (κ2) is 7.17. The van der Waals surface area contributed by atoms with Gasteiger partial charge in [0, 0.05) is 16.6 Å². The van der Waals surface area contributed by atoms with E-state index in [2.05, 4.69) is 26.2 Å². The van der Waals surface area contributed by atoms with Crippen molar-refractivity contribution in [2.24, 2.45) is 10.9 Å². The summed E-state index contributed by atoms with van der Waals surface area (Å²) in [5, 5.41) is 13.0. The zero-order valence-electron chi connectivity index (χ0n) is 11.2.